The number of benzene rings is 1. The first-order valence-corrected chi connectivity index (χ1v) is 9.95. The first-order chi connectivity index (χ1) is 14.8. The van der Waals surface area contributed by atoms with E-state index < -0.39 is 35.4 Å². The zero-order valence-electron chi connectivity index (χ0n) is 18.4. The molecule has 0 aliphatic heterocycles. The third-order valence-corrected chi connectivity index (χ3v) is 4.30. The Morgan fingerprint density at radius 1 is 1.28 bits per heavy atom. The number of aliphatic carboxylic acids is 1. The molecule has 0 fully saturated rings. The van der Waals surface area contributed by atoms with E-state index in [2.05, 4.69) is 16.0 Å². The number of carboxylic acid groups (broad SMARTS) is 1. The van der Waals surface area contributed by atoms with Crippen LogP contribution >= 0.6 is 0 Å². The van der Waals surface area contributed by atoms with E-state index in [0.29, 0.717) is 11.0 Å². The van der Waals surface area contributed by atoms with Gasteiger partial charge in [-0.25, -0.2) is 14.4 Å². The van der Waals surface area contributed by atoms with E-state index in [9.17, 15) is 19.5 Å². The Kier molecular flexibility index (Phi) is 7.68. The molecule has 1 unspecified atom stereocenters. The number of anilines is 1. The third-order valence-electron chi connectivity index (χ3n) is 4.30. The summed E-state index contributed by atoms with van der Waals surface area (Å²) >= 11 is 0. The fourth-order valence-electron chi connectivity index (χ4n) is 2.92. The number of aryl methyl sites for hydroxylation is 1. The second kappa shape index (κ2) is 10.0. The van der Waals surface area contributed by atoms with Gasteiger partial charge in [-0.15, -0.1) is 0 Å². The van der Waals surface area contributed by atoms with Gasteiger partial charge < -0.3 is 35.9 Å². The molecule has 0 radical (unpaired) electrons. The minimum absolute atomic E-state index is 0.0144. The van der Waals surface area contributed by atoms with Crippen molar-refractivity contribution >= 4 is 34.7 Å². The van der Waals surface area contributed by atoms with E-state index in [1.54, 1.807) is 39.0 Å². The van der Waals surface area contributed by atoms with E-state index >= 15 is 0 Å². The largest absolute Gasteiger partial charge is 0.480 e. The van der Waals surface area contributed by atoms with Crippen molar-refractivity contribution in [2.75, 3.05) is 11.9 Å². The van der Waals surface area contributed by atoms with Crippen LogP contribution in [-0.4, -0.2) is 47.4 Å². The van der Waals surface area contributed by atoms with Gasteiger partial charge in [-0.3, -0.25) is 5.41 Å². The van der Waals surface area contributed by atoms with Crippen LogP contribution in [0.1, 0.15) is 32.8 Å². The fourth-order valence-corrected chi connectivity index (χ4v) is 2.92. The number of carboxylic acids is 1. The number of rotatable bonds is 8. The summed E-state index contributed by atoms with van der Waals surface area (Å²) in [6.07, 6.45) is -1.02. The van der Waals surface area contributed by atoms with Crippen LogP contribution in [0.3, 0.4) is 0 Å². The van der Waals surface area contributed by atoms with Gasteiger partial charge in [-0.05, 0) is 45.4 Å². The van der Waals surface area contributed by atoms with Crippen molar-refractivity contribution < 1.29 is 23.8 Å². The summed E-state index contributed by atoms with van der Waals surface area (Å²) in [6.45, 7) is 6.86. The SMILES string of the molecule is Cc1ccc2cc(NC(CNC(=N)N)C[C@H](NC(=O)OC(C)(C)C)C(=O)O)c(=O)oc2c1. The lowest BCUT2D eigenvalue weighted by Crippen LogP contribution is -2.49. The maximum Gasteiger partial charge on any atom is 0.408 e. The van der Waals surface area contributed by atoms with Gasteiger partial charge in [0.05, 0.1) is 0 Å². The maximum absolute atomic E-state index is 12.4. The van der Waals surface area contributed by atoms with Gasteiger partial charge in [-0.2, -0.15) is 0 Å². The van der Waals surface area contributed by atoms with E-state index in [1.165, 1.54) is 0 Å². The molecule has 2 atom stereocenters. The van der Waals surface area contributed by atoms with Gasteiger partial charge in [0.1, 0.15) is 22.9 Å². The molecule has 0 aliphatic rings. The number of alkyl carbamates (subject to hydrolysis) is 1. The molecule has 2 aromatic rings. The highest BCUT2D eigenvalue weighted by Gasteiger charge is 2.27. The van der Waals surface area contributed by atoms with Gasteiger partial charge in [0.2, 0.25) is 0 Å². The highest BCUT2D eigenvalue weighted by atomic mass is 16.6. The summed E-state index contributed by atoms with van der Waals surface area (Å²) in [5.74, 6) is -1.61. The number of guanidine groups is 1. The molecule has 11 nitrogen and oxygen atoms in total. The zero-order chi connectivity index (χ0) is 24.1. The summed E-state index contributed by atoms with van der Waals surface area (Å²) in [5.41, 5.74) is 5.38. The van der Waals surface area contributed by atoms with Gasteiger partial charge in [-0.1, -0.05) is 12.1 Å². The van der Waals surface area contributed by atoms with Gasteiger partial charge in [0.25, 0.3) is 0 Å². The van der Waals surface area contributed by atoms with Crippen LogP contribution in [0.5, 0.6) is 0 Å². The molecule has 0 aliphatic carbocycles. The lowest BCUT2D eigenvalue weighted by atomic mass is 10.1. The average Bonchev–Trinajstić information content (AvgIpc) is 2.64. The third kappa shape index (κ3) is 7.49. The number of ether oxygens (including phenoxy) is 1. The number of fused-ring (bicyclic) bond motifs is 1. The topological polar surface area (TPSA) is 180 Å². The van der Waals surface area contributed by atoms with Gasteiger partial charge in [0.15, 0.2) is 5.96 Å². The second-order valence-electron chi connectivity index (χ2n) is 8.40. The second-order valence-corrected chi connectivity index (χ2v) is 8.40. The lowest BCUT2D eigenvalue weighted by Gasteiger charge is -2.25. The molecule has 174 valence electrons. The molecule has 1 aromatic heterocycles. The number of amides is 1. The molecule has 0 bridgehead atoms. The van der Waals surface area contributed by atoms with E-state index in [4.69, 9.17) is 20.3 Å². The number of carbonyl (C=O) groups is 2. The first-order valence-electron chi connectivity index (χ1n) is 9.95. The van der Waals surface area contributed by atoms with E-state index in [-0.39, 0.29) is 24.6 Å². The summed E-state index contributed by atoms with van der Waals surface area (Å²) in [5, 5.41) is 25.5. The Morgan fingerprint density at radius 2 is 1.97 bits per heavy atom. The van der Waals surface area contributed by atoms with Crippen LogP contribution in [0.25, 0.3) is 11.0 Å². The van der Waals surface area contributed by atoms with Gasteiger partial charge >= 0.3 is 17.7 Å². The predicted octanol–water partition coefficient (Wildman–Crippen LogP) is 1.73. The van der Waals surface area contributed by atoms with Crippen LogP contribution < -0.4 is 27.3 Å². The van der Waals surface area contributed by atoms with Crippen LogP contribution in [0, 0.1) is 12.3 Å². The Bertz CT molecular complexity index is 1060. The molecule has 7 N–H and O–H groups in total. The molecule has 1 heterocycles. The van der Waals surface area contributed by atoms with Crippen molar-refractivity contribution in [2.45, 2.75) is 51.8 Å². The number of carbonyl (C=O) groups excluding carboxylic acids is 1. The summed E-state index contributed by atoms with van der Waals surface area (Å²) < 4.78 is 10.5. The number of nitrogens with one attached hydrogen (secondary N) is 4. The molecular formula is C21H29N5O6. The standard InChI is InChI=1S/C21H29N5O6/c1-11-5-6-12-8-15(18(29)31-16(12)7-11)25-13(10-24-19(22)23)9-14(17(27)28)26-20(30)32-21(2,3)4/h5-8,13-14,25H,9-10H2,1-4H3,(H,26,30)(H,27,28)(H4,22,23,24)/t13?,14-/m0/s1. The van der Waals surface area contributed by atoms with E-state index in [1.807, 2.05) is 13.0 Å². The Hall–Kier alpha value is -3.76. The number of nitrogens with two attached hydrogens (primary N) is 1. The summed E-state index contributed by atoms with van der Waals surface area (Å²) in [6, 6.07) is 4.96. The quantitative estimate of drug-likeness (QED) is 0.199. The predicted molar refractivity (Wildman–Crippen MR) is 120 cm³/mol. The molecule has 1 amide bonds. The fraction of sp³-hybridized carbons (Fsp3) is 0.429. The van der Waals surface area contributed by atoms with Crippen molar-refractivity contribution in [3.05, 3.63) is 40.2 Å². The molecule has 0 saturated heterocycles. The molecule has 32 heavy (non-hydrogen) atoms. The molecule has 0 spiro atoms. The van der Waals surface area contributed by atoms with Crippen molar-refractivity contribution in [1.82, 2.24) is 10.6 Å². The molecule has 0 saturated carbocycles. The van der Waals surface area contributed by atoms with Crippen molar-refractivity contribution in [3.8, 4) is 0 Å². The van der Waals surface area contributed by atoms with Crippen molar-refractivity contribution in [1.29, 1.82) is 5.41 Å². The maximum atomic E-state index is 12.4. The van der Waals surface area contributed by atoms with E-state index in [0.717, 1.165) is 5.56 Å². The van der Waals surface area contributed by atoms with Crippen LogP contribution in [0.15, 0.2) is 33.5 Å². The first kappa shape index (κ1) is 24.5. The monoisotopic (exact) mass is 447 g/mol. The summed E-state index contributed by atoms with van der Waals surface area (Å²) in [7, 11) is 0. The normalized spacial score (nSPS) is 13.1. The molecule has 11 heteroatoms. The Balaban J connectivity index is 2.25. The Morgan fingerprint density at radius 3 is 2.56 bits per heavy atom. The van der Waals surface area contributed by atoms with Crippen LogP contribution in [0.2, 0.25) is 0 Å². The zero-order valence-corrected chi connectivity index (χ0v) is 18.4. The number of hydrogen-bond acceptors (Lipinski definition) is 7. The van der Waals surface area contributed by atoms with Crippen molar-refractivity contribution in [2.24, 2.45) is 5.73 Å². The highest BCUT2D eigenvalue weighted by Crippen LogP contribution is 2.18. The van der Waals surface area contributed by atoms with Crippen molar-refractivity contribution in [3.63, 3.8) is 0 Å². The molecule has 1 aromatic carbocycles. The smallest absolute Gasteiger partial charge is 0.408 e. The van der Waals surface area contributed by atoms with Crippen LogP contribution in [-0.2, 0) is 9.53 Å². The molecular weight excluding hydrogens is 418 g/mol. The minimum atomic E-state index is -1.33. The number of hydrogen-bond donors (Lipinski definition) is 6. The lowest BCUT2D eigenvalue weighted by molar-refractivity contribution is -0.139. The van der Waals surface area contributed by atoms with Gasteiger partial charge in [0, 0.05) is 24.4 Å². The molecule has 2 rings (SSSR count). The Labute approximate surface area is 184 Å². The van der Waals surface area contributed by atoms with Crippen LogP contribution in [0.4, 0.5) is 10.5 Å². The average molecular weight is 447 g/mol. The minimum Gasteiger partial charge on any atom is -0.480 e. The summed E-state index contributed by atoms with van der Waals surface area (Å²) in [4.78, 5) is 36.2. The highest BCUT2D eigenvalue weighted by molar-refractivity contribution is 5.81.